The first-order valence-electron chi connectivity index (χ1n) is 8.52. The van der Waals surface area contributed by atoms with Gasteiger partial charge in [-0.3, -0.25) is 4.79 Å². The van der Waals surface area contributed by atoms with Crippen molar-refractivity contribution in [3.63, 3.8) is 0 Å². The van der Waals surface area contributed by atoms with Crippen molar-refractivity contribution in [2.45, 2.75) is 12.7 Å². The molecular formula is C19H16F4N4O3. The van der Waals surface area contributed by atoms with E-state index in [1.54, 1.807) is 18.2 Å². The molecule has 1 amide bonds. The van der Waals surface area contributed by atoms with Gasteiger partial charge in [0.1, 0.15) is 17.3 Å². The Bertz CT molecular complexity index is 1050. The second-order valence-corrected chi connectivity index (χ2v) is 6.03. The third-order valence-corrected chi connectivity index (χ3v) is 4.15. The van der Waals surface area contributed by atoms with Gasteiger partial charge in [-0.2, -0.15) is 13.2 Å². The predicted octanol–water partition coefficient (Wildman–Crippen LogP) is 3.37. The van der Waals surface area contributed by atoms with Crippen LogP contribution in [0.3, 0.4) is 0 Å². The average Bonchev–Trinajstić information content (AvgIpc) is 3.18. The summed E-state index contributed by atoms with van der Waals surface area (Å²) in [5.74, 6) is -0.807. The Labute approximate surface area is 168 Å². The molecular weight excluding hydrogens is 408 g/mol. The van der Waals surface area contributed by atoms with Crippen LogP contribution in [0.1, 0.15) is 21.7 Å². The number of ether oxygens (including phenoxy) is 2. The van der Waals surface area contributed by atoms with Gasteiger partial charge in [-0.05, 0) is 42.5 Å². The highest BCUT2D eigenvalue weighted by Gasteiger charge is 2.42. The zero-order chi connectivity index (χ0) is 21.9. The first-order chi connectivity index (χ1) is 14.2. The van der Waals surface area contributed by atoms with Crippen molar-refractivity contribution in [1.82, 2.24) is 20.3 Å². The number of carbonyl (C=O) groups is 1. The molecule has 30 heavy (non-hydrogen) atoms. The number of nitrogens with zero attached hydrogens (tertiary/aromatic N) is 3. The molecule has 2 aromatic carbocycles. The second kappa shape index (κ2) is 8.39. The number of hydrogen-bond acceptors (Lipinski definition) is 5. The summed E-state index contributed by atoms with van der Waals surface area (Å²) in [5.41, 5.74) is -1.88. The Morgan fingerprint density at radius 3 is 2.40 bits per heavy atom. The van der Waals surface area contributed by atoms with Gasteiger partial charge in [0.05, 0.1) is 19.9 Å². The third kappa shape index (κ3) is 4.34. The summed E-state index contributed by atoms with van der Waals surface area (Å²) in [6.07, 6.45) is -4.93. The standard InChI is InChI=1S/C19H16F4N4O3/c1-29-14-7-8-15(30-2)11(9-14)10-24-18(28)16-17(19(21,22)23)27(26-25-16)13-5-3-12(20)4-6-13/h3-9H,10H2,1-2H3,(H,24,28). The van der Waals surface area contributed by atoms with Crippen LogP contribution in [-0.4, -0.2) is 35.1 Å². The Hall–Kier alpha value is -3.63. The summed E-state index contributed by atoms with van der Waals surface area (Å²) in [7, 11) is 2.87. The largest absolute Gasteiger partial charge is 0.497 e. The van der Waals surface area contributed by atoms with E-state index >= 15 is 0 Å². The third-order valence-electron chi connectivity index (χ3n) is 4.15. The minimum atomic E-state index is -4.93. The maximum Gasteiger partial charge on any atom is 0.435 e. The summed E-state index contributed by atoms with van der Waals surface area (Å²) in [6.45, 7) is -0.139. The topological polar surface area (TPSA) is 78.3 Å². The van der Waals surface area contributed by atoms with Crippen LogP contribution in [-0.2, 0) is 12.7 Å². The lowest BCUT2D eigenvalue weighted by Crippen LogP contribution is -2.27. The molecule has 0 aliphatic carbocycles. The second-order valence-electron chi connectivity index (χ2n) is 6.03. The van der Waals surface area contributed by atoms with Gasteiger partial charge in [0.2, 0.25) is 0 Å². The van der Waals surface area contributed by atoms with E-state index in [1.165, 1.54) is 14.2 Å². The summed E-state index contributed by atoms with van der Waals surface area (Å²) in [4.78, 5) is 12.5. The summed E-state index contributed by atoms with van der Waals surface area (Å²) < 4.78 is 64.8. The van der Waals surface area contributed by atoms with Gasteiger partial charge in [-0.1, -0.05) is 5.21 Å². The van der Waals surface area contributed by atoms with E-state index in [4.69, 9.17) is 9.47 Å². The fraction of sp³-hybridized carbons (Fsp3) is 0.211. The molecule has 3 rings (SSSR count). The number of amides is 1. The lowest BCUT2D eigenvalue weighted by atomic mass is 10.2. The van der Waals surface area contributed by atoms with Gasteiger partial charge >= 0.3 is 6.18 Å². The quantitative estimate of drug-likeness (QED) is 0.614. The molecule has 1 aromatic heterocycles. The van der Waals surface area contributed by atoms with Gasteiger partial charge in [-0.15, -0.1) is 5.10 Å². The molecule has 0 bridgehead atoms. The summed E-state index contributed by atoms with van der Waals surface area (Å²) in [6, 6.07) is 8.98. The zero-order valence-electron chi connectivity index (χ0n) is 15.8. The molecule has 0 fully saturated rings. The van der Waals surface area contributed by atoms with E-state index in [-0.39, 0.29) is 12.2 Å². The van der Waals surface area contributed by atoms with Crippen LogP contribution in [0, 0.1) is 5.82 Å². The minimum Gasteiger partial charge on any atom is -0.497 e. The van der Waals surface area contributed by atoms with Crippen molar-refractivity contribution < 1.29 is 31.8 Å². The number of halogens is 4. The van der Waals surface area contributed by atoms with E-state index < -0.39 is 29.3 Å². The number of alkyl halides is 3. The number of aromatic nitrogens is 3. The maximum atomic E-state index is 13.7. The summed E-state index contributed by atoms with van der Waals surface area (Å²) in [5, 5.41) is 9.22. The van der Waals surface area contributed by atoms with Crippen LogP contribution in [0.15, 0.2) is 42.5 Å². The normalized spacial score (nSPS) is 11.3. The molecule has 3 aromatic rings. The molecule has 11 heteroatoms. The first-order valence-corrected chi connectivity index (χ1v) is 8.52. The lowest BCUT2D eigenvalue weighted by molar-refractivity contribution is -0.143. The predicted molar refractivity (Wildman–Crippen MR) is 97.0 cm³/mol. The number of rotatable bonds is 6. The smallest absolute Gasteiger partial charge is 0.435 e. The van der Waals surface area contributed by atoms with E-state index in [0.29, 0.717) is 21.7 Å². The molecule has 0 spiro atoms. The Kier molecular flexibility index (Phi) is 5.90. The molecule has 1 N–H and O–H groups in total. The van der Waals surface area contributed by atoms with Gasteiger partial charge in [-0.25, -0.2) is 9.07 Å². The van der Waals surface area contributed by atoms with Crippen molar-refractivity contribution in [2.24, 2.45) is 0 Å². The van der Waals surface area contributed by atoms with Crippen LogP contribution in [0.25, 0.3) is 5.69 Å². The molecule has 0 unspecified atom stereocenters. The fourth-order valence-corrected chi connectivity index (χ4v) is 2.73. The van der Waals surface area contributed by atoms with Crippen LogP contribution < -0.4 is 14.8 Å². The minimum absolute atomic E-state index is 0.0928. The van der Waals surface area contributed by atoms with Crippen molar-refractivity contribution >= 4 is 5.91 Å². The molecule has 158 valence electrons. The van der Waals surface area contributed by atoms with Gasteiger partial charge in [0, 0.05) is 12.1 Å². The van der Waals surface area contributed by atoms with Crippen molar-refractivity contribution in [3.05, 3.63) is 65.2 Å². The maximum absolute atomic E-state index is 13.7. The molecule has 0 saturated heterocycles. The molecule has 0 atom stereocenters. The number of benzene rings is 2. The number of methoxy groups -OCH3 is 2. The van der Waals surface area contributed by atoms with Crippen molar-refractivity contribution in [1.29, 1.82) is 0 Å². The Morgan fingerprint density at radius 1 is 1.10 bits per heavy atom. The number of hydrogen-bond donors (Lipinski definition) is 1. The molecule has 0 saturated carbocycles. The van der Waals surface area contributed by atoms with Gasteiger partial charge < -0.3 is 14.8 Å². The highest BCUT2D eigenvalue weighted by molar-refractivity contribution is 5.93. The van der Waals surface area contributed by atoms with Crippen molar-refractivity contribution in [3.8, 4) is 17.2 Å². The monoisotopic (exact) mass is 424 g/mol. The molecule has 1 heterocycles. The SMILES string of the molecule is COc1ccc(OC)c(CNC(=O)c2nnn(-c3ccc(F)cc3)c2C(F)(F)F)c1. The Morgan fingerprint density at radius 2 is 1.80 bits per heavy atom. The Balaban J connectivity index is 1.91. The molecule has 0 aliphatic heterocycles. The van der Waals surface area contributed by atoms with Crippen LogP contribution in [0.5, 0.6) is 11.5 Å². The molecule has 0 aliphatic rings. The van der Waals surface area contributed by atoms with Gasteiger partial charge in [0.15, 0.2) is 11.4 Å². The van der Waals surface area contributed by atoms with E-state index in [0.717, 1.165) is 24.3 Å². The van der Waals surface area contributed by atoms with E-state index in [9.17, 15) is 22.4 Å². The summed E-state index contributed by atoms with van der Waals surface area (Å²) >= 11 is 0. The highest BCUT2D eigenvalue weighted by atomic mass is 19.4. The van der Waals surface area contributed by atoms with Crippen molar-refractivity contribution in [2.75, 3.05) is 14.2 Å². The molecule has 7 nitrogen and oxygen atoms in total. The average molecular weight is 424 g/mol. The zero-order valence-corrected chi connectivity index (χ0v) is 15.8. The lowest BCUT2D eigenvalue weighted by Gasteiger charge is -2.13. The number of nitrogens with one attached hydrogen (secondary N) is 1. The van der Waals surface area contributed by atoms with Crippen LogP contribution in [0.4, 0.5) is 17.6 Å². The van der Waals surface area contributed by atoms with Crippen LogP contribution >= 0.6 is 0 Å². The van der Waals surface area contributed by atoms with E-state index in [2.05, 4.69) is 15.6 Å². The van der Waals surface area contributed by atoms with E-state index in [1.807, 2.05) is 0 Å². The highest BCUT2D eigenvalue weighted by Crippen LogP contribution is 2.33. The van der Waals surface area contributed by atoms with Crippen LogP contribution in [0.2, 0.25) is 0 Å². The first kappa shape index (κ1) is 21.1. The fourth-order valence-electron chi connectivity index (χ4n) is 2.73. The molecule has 0 radical (unpaired) electrons. The number of carbonyl (C=O) groups excluding carboxylic acids is 1. The van der Waals surface area contributed by atoms with Gasteiger partial charge in [0.25, 0.3) is 5.91 Å².